The Balaban J connectivity index is 2.40. The van der Waals surface area contributed by atoms with E-state index < -0.39 is 6.10 Å². The summed E-state index contributed by atoms with van der Waals surface area (Å²) in [6, 6.07) is 7.79. The van der Waals surface area contributed by atoms with Crippen molar-refractivity contribution in [1.82, 2.24) is 9.78 Å². The van der Waals surface area contributed by atoms with Gasteiger partial charge in [-0.1, -0.05) is 28.1 Å². The molecule has 0 spiro atoms. The average Bonchev–Trinajstić information content (AvgIpc) is 2.76. The Morgan fingerprint density at radius 3 is 2.82 bits per heavy atom. The molecule has 17 heavy (non-hydrogen) atoms. The summed E-state index contributed by atoms with van der Waals surface area (Å²) >= 11 is 3.49. The largest absolute Gasteiger partial charge is 0.382 e. The average molecular weight is 295 g/mol. The highest BCUT2D eigenvalue weighted by Crippen LogP contribution is 2.29. The van der Waals surface area contributed by atoms with Crippen LogP contribution in [0.2, 0.25) is 0 Å². The zero-order chi connectivity index (χ0) is 12.4. The lowest BCUT2D eigenvalue weighted by Crippen LogP contribution is -2.09. The van der Waals surface area contributed by atoms with Crippen LogP contribution in [-0.4, -0.2) is 14.9 Å². The van der Waals surface area contributed by atoms with E-state index in [9.17, 15) is 5.11 Å². The van der Waals surface area contributed by atoms with Gasteiger partial charge in [0.1, 0.15) is 6.10 Å². The molecule has 4 heteroatoms. The molecule has 1 aromatic heterocycles. The minimum atomic E-state index is -0.646. The van der Waals surface area contributed by atoms with Crippen LogP contribution < -0.4 is 0 Å². The molecule has 0 aliphatic rings. The van der Waals surface area contributed by atoms with Crippen LogP contribution in [0.1, 0.15) is 29.8 Å². The Hall–Kier alpha value is -1.13. The molecule has 1 N–H and O–H groups in total. The van der Waals surface area contributed by atoms with Gasteiger partial charge in [0.15, 0.2) is 0 Å². The van der Waals surface area contributed by atoms with Crippen molar-refractivity contribution in [3.63, 3.8) is 0 Å². The molecule has 0 aliphatic carbocycles. The van der Waals surface area contributed by atoms with E-state index in [1.807, 2.05) is 38.1 Å². The Kier molecular flexibility index (Phi) is 3.64. The molecule has 0 saturated heterocycles. The quantitative estimate of drug-likeness (QED) is 0.945. The third kappa shape index (κ3) is 2.42. The Morgan fingerprint density at radius 1 is 1.41 bits per heavy atom. The maximum Gasteiger partial charge on any atom is 0.122 e. The first kappa shape index (κ1) is 12.3. The van der Waals surface area contributed by atoms with Gasteiger partial charge in [0, 0.05) is 22.8 Å². The normalized spacial score (nSPS) is 12.7. The minimum absolute atomic E-state index is 0.646. The van der Waals surface area contributed by atoms with Gasteiger partial charge in [-0.2, -0.15) is 5.10 Å². The molecule has 3 nitrogen and oxygen atoms in total. The fraction of sp³-hybridized carbons (Fsp3) is 0.308. The zero-order valence-corrected chi connectivity index (χ0v) is 11.5. The van der Waals surface area contributed by atoms with Crippen LogP contribution in [0.25, 0.3) is 0 Å². The van der Waals surface area contributed by atoms with Crippen molar-refractivity contribution in [2.24, 2.45) is 0 Å². The summed E-state index contributed by atoms with van der Waals surface area (Å²) in [5.41, 5.74) is 2.85. The van der Waals surface area contributed by atoms with Gasteiger partial charge < -0.3 is 5.11 Å². The fourth-order valence-electron chi connectivity index (χ4n) is 1.85. The van der Waals surface area contributed by atoms with E-state index in [1.54, 1.807) is 10.9 Å². The lowest BCUT2D eigenvalue weighted by molar-refractivity contribution is 0.207. The number of nitrogens with zero attached hydrogens (tertiary/aromatic N) is 2. The van der Waals surface area contributed by atoms with Gasteiger partial charge >= 0.3 is 0 Å². The number of aromatic nitrogens is 2. The molecule has 1 unspecified atom stereocenters. The fourth-order valence-corrected chi connectivity index (χ4v) is 2.56. The number of hydrogen-bond donors (Lipinski definition) is 1. The van der Waals surface area contributed by atoms with Gasteiger partial charge in [-0.05, 0) is 31.5 Å². The van der Waals surface area contributed by atoms with Crippen molar-refractivity contribution in [2.75, 3.05) is 0 Å². The molecule has 0 amide bonds. The summed E-state index contributed by atoms with van der Waals surface area (Å²) in [5.74, 6) is 0. The van der Waals surface area contributed by atoms with Crippen LogP contribution in [0.5, 0.6) is 0 Å². The topological polar surface area (TPSA) is 38.0 Å². The van der Waals surface area contributed by atoms with Gasteiger partial charge in [-0.25, -0.2) is 0 Å². The molecule has 0 bridgehead atoms. The molecular formula is C13H15BrN2O. The lowest BCUT2D eigenvalue weighted by Gasteiger charge is -2.14. The summed E-state index contributed by atoms with van der Waals surface area (Å²) in [6.45, 7) is 4.79. The van der Waals surface area contributed by atoms with E-state index >= 15 is 0 Å². The summed E-state index contributed by atoms with van der Waals surface area (Å²) in [5, 5.41) is 14.5. The van der Waals surface area contributed by atoms with Gasteiger partial charge in [0.25, 0.3) is 0 Å². The van der Waals surface area contributed by atoms with Gasteiger partial charge in [-0.15, -0.1) is 0 Å². The highest BCUT2D eigenvalue weighted by Gasteiger charge is 2.17. The van der Waals surface area contributed by atoms with Crippen LogP contribution in [0, 0.1) is 6.92 Å². The van der Waals surface area contributed by atoms with Crippen LogP contribution in [0.3, 0.4) is 0 Å². The number of rotatable bonds is 3. The summed E-state index contributed by atoms with van der Waals surface area (Å²) in [6.07, 6.45) is 1.07. The third-order valence-corrected chi connectivity index (χ3v) is 3.47. The Labute approximate surface area is 109 Å². The van der Waals surface area contributed by atoms with Crippen molar-refractivity contribution in [3.8, 4) is 0 Å². The van der Waals surface area contributed by atoms with Crippen LogP contribution >= 0.6 is 15.9 Å². The minimum Gasteiger partial charge on any atom is -0.382 e. The Bertz CT molecular complexity index is 522. The van der Waals surface area contributed by atoms with E-state index in [0.717, 1.165) is 27.8 Å². The zero-order valence-electron chi connectivity index (χ0n) is 9.89. The molecule has 2 aromatic rings. The van der Waals surface area contributed by atoms with E-state index in [4.69, 9.17) is 0 Å². The van der Waals surface area contributed by atoms with E-state index in [-0.39, 0.29) is 0 Å². The lowest BCUT2D eigenvalue weighted by atomic mass is 10.0. The second-order valence-corrected chi connectivity index (χ2v) is 4.85. The molecule has 1 aromatic carbocycles. The van der Waals surface area contributed by atoms with Crippen molar-refractivity contribution in [1.29, 1.82) is 0 Å². The van der Waals surface area contributed by atoms with E-state index in [2.05, 4.69) is 21.0 Å². The molecule has 1 atom stereocenters. The second kappa shape index (κ2) is 5.02. The number of aliphatic hydroxyl groups excluding tert-OH is 1. The SMILES string of the molecule is CCn1nccc1C(O)c1ccc(C)cc1Br. The Morgan fingerprint density at radius 2 is 2.18 bits per heavy atom. The van der Waals surface area contributed by atoms with Gasteiger partial charge in [-0.3, -0.25) is 4.68 Å². The monoisotopic (exact) mass is 294 g/mol. The first-order chi connectivity index (χ1) is 8.13. The summed E-state index contributed by atoms with van der Waals surface area (Å²) in [7, 11) is 0. The molecular weight excluding hydrogens is 280 g/mol. The van der Waals surface area contributed by atoms with E-state index in [1.165, 1.54) is 0 Å². The van der Waals surface area contributed by atoms with Crippen molar-refractivity contribution in [3.05, 3.63) is 51.8 Å². The second-order valence-electron chi connectivity index (χ2n) is 4.00. The maximum absolute atomic E-state index is 10.4. The number of benzene rings is 1. The molecule has 0 aliphatic heterocycles. The van der Waals surface area contributed by atoms with Crippen molar-refractivity contribution in [2.45, 2.75) is 26.5 Å². The van der Waals surface area contributed by atoms with Crippen molar-refractivity contribution < 1.29 is 5.11 Å². The number of aliphatic hydroxyl groups is 1. The summed E-state index contributed by atoms with van der Waals surface area (Å²) in [4.78, 5) is 0. The van der Waals surface area contributed by atoms with Crippen LogP contribution in [0.4, 0.5) is 0 Å². The van der Waals surface area contributed by atoms with Gasteiger partial charge in [0.05, 0.1) is 5.69 Å². The number of halogens is 1. The van der Waals surface area contributed by atoms with Gasteiger partial charge in [0.2, 0.25) is 0 Å². The standard InChI is InChI=1S/C13H15BrN2O/c1-3-16-12(6-7-15-16)13(17)10-5-4-9(2)8-11(10)14/h4-8,13,17H,3H2,1-2H3. The van der Waals surface area contributed by atoms with E-state index in [0.29, 0.717) is 0 Å². The maximum atomic E-state index is 10.4. The molecule has 1 heterocycles. The van der Waals surface area contributed by atoms with Crippen molar-refractivity contribution >= 4 is 15.9 Å². The molecule has 2 rings (SSSR count). The molecule has 0 fully saturated rings. The summed E-state index contributed by atoms with van der Waals surface area (Å²) < 4.78 is 2.73. The smallest absolute Gasteiger partial charge is 0.122 e. The van der Waals surface area contributed by atoms with Crippen LogP contribution in [0.15, 0.2) is 34.9 Å². The third-order valence-electron chi connectivity index (χ3n) is 2.78. The predicted octanol–water partition coefficient (Wildman–Crippen LogP) is 3.06. The molecule has 90 valence electrons. The number of aryl methyl sites for hydroxylation is 2. The van der Waals surface area contributed by atoms with Crippen LogP contribution in [-0.2, 0) is 6.54 Å². The molecule has 0 saturated carbocycles. The molecule has 0 radical (unpaired) electrons. The number of hydrogen-bond acceptors (Lipinski definition) is 2. The predicted molar refractivity (Wildman–Crippen MR) is 70.8 cm³/mol. The first-order valence-corrected chi connectivity index (χ1v) is 6.38. The highest BCUT2D eigenvalue weighted by atomic mass is 79.9. The first-order valence-electron chi connectivity index (χ1n) is 5.59. The highest BCUT2D eigenvalue weighted by molar-refractivity contribution is 9.10.